The average molecular weight is 496 g/mol. The first-order valence-corrected chi connectivity index (χ1v) is 11.2. The first kappa shape index (κ1) is 26.9. The van der Waals surface area contributed by atoms with Crippen molar-refractivity contribution in [3.05, 3.63) is 29.8 Å². The molecule has 1 saturated heterocycles. The number of nitrogens with one attached hydrogen (secondary N) is 2. The van der Waals surface area contributed by atoms with Gasteiger partial charge in [-0.1, -0.05) is 12.1 Å². The molecule has 4 unspecified atom stereocenters. The highest BCUT2D eigenvalue weighted by atomic mass is 32.1. The summed E-state index contributed by atoms with van der Waals surface area (Å²) < 4.78 is 0. The van der Waals surface area contributed by atoms with Crippen LogP contribution in [0.1, 0.15) is 24.8 Å². The number of carbonyl (C=O) groups is 5. The summed E-state index contributed by atoms with van der Waals surface area (Å²) in [6.07, 6.45) is 0.203. The van der Waals surface area contributed by atoms with Crippen molar-refractivity contribution in [2.75, 3.05) is 12.3 Å². The predicted molar refractivity (Wildman–Crippen MR) is 124 cm³/mol. The number of hydrogen-bond acceptors (Lipinski definition) is 8. The Morgan fingerprint density at radius 3 is 2.32 bits per heavy atom. The second kappa shape index (κ2) is 12.2. The lowest BCUT2D eigenvalue weighted by atomic mass is 10.0. The second-order valence-electron chi connectivity index (χ2n) is 7.98. The average Bonchev–Trinajstić information content (AvgIpc) is 3.28. The van der Waals surface area contributed by atoms with Crippen LogP contribution in [0, 0.1) is 0 Å². The Kier molecular flexibility index (Phi) is 9.69. The Labute approximate surface area is 201 Å². The molecule has 1 aliphatic rings. The van der Waals surface area contributed by atoms with Crippen LogP contribution in [-0.4, -0.2) is 81.2 Å². The molecule has 186 valence electrons. The van der Waals surface area contributed by atoms with Crippen molar-refractivity contribution in [1.82, 2.24) is 15.5 Å². The molecule has 1 heterocycles. The number of carboxylic acids is 1. The number of benzene rings is 1. The molecule has 0 bridgehead atoms. The van der Waals surface area contributed by atoms with Gasteiger partial charge in [0, 0.05) is 18.7 Å². The van der Waals surface area contributed by atoms with Gasteiger partial charge < -0.3 is 37.2 Å². The van der Waals surface area contributed by atoms with Crippen LogP contribution in [0.25, 0.3) is 0 Å². The van der Waals surface area contributed by atoms with Crippen molar-refractivity contribution >= 4 is 42.2 Å². The van der Waals surface area contributed by atoms with E-state index in [0.717, 1.165) is 0 Å². The van der Waals surface area contributed by atoms with E-state index in [-0.39, 0.29) is 17.9 Å². The highest BCUT2D eigenvalue weighted by molar-refractivity contribution is 7.80. The van der Waals surface area contributed by atoms with Gasteiger partial charge in [0.05, 0.1) is 12.5 Å². The molecule has 2 rings (SSSR count). The summed E-state index contributed by atoms with van der Waals surface area (Å²) in [6.45, 7) is 0.304. The number of amides is 4. The van der Waals surface area contributed by atoms with Gasteiger partial charge >= 0.3 is 5.97 Å². The number of phenols is 1. The number of carboxylic acid groups (broad SMARTS) is 1. The minimum atomic E-state index is -1.44. The standard InChI is InChI=1S/C21H29N5O7S/c22-13(10-34)20(31)26-7-1-2-16(26)19(30)24-14(9-17(23)28)18(29)25-15(21(32)33)8-11-3-5-12(27)6-4-11/h3-6,13-16,27,34H,1-2,7-10,22H2,(H2,23,28)(H,24,30)(H,25,29)(H,32,33). The van der Waals surface area contributed by atoms with Crippen LogP contribution in [-0.2, 0) is 30.4 Å². The van der Waals surface area contributed by atoms with E-state index in [4.69, 9.17) is 11.5 Å². The molecule has 0 spiro atoms. The Morgan fingerprint density at radius 2 is 1.76 bits per heavy atom. The number of primary amides is 1. The fourth-order valence-electron chi connectivity index (χ4n) is 3.61. The van der Waals surface area contributed by atoms with E-state index in [1.54, 1.807) is 0 Å². The van der Waals surface area contributed by atoms with Crippen LogP contribution < -0.4 is 22.1 Å². The predicted octanol–water partition coefficient (Wildman–Crippen LogP) is -1.89. The Balaban J connectivity index is 2.12. The van der Waals surface area contributed by atoms with E-state index >= 15 is 0 Å². The number of rotatable bonds is 11. The third-order valence-electron chi connectivity index (χ3n) is 5.38. The van der Waals surface area contributed by atoms with Crippen LogP contribution in [0.5, 0.6) is 5.75 Å². The number of aromatic hydroxyl groups is 1. The molecule has 4 amide bonds. The molecule has 8 N–H and O–H groups in total. The second-order valence-corrected chi connectivity index (χ2v) is 8.35. The van der Waals surface area contributed by atoms with E-state index in [0.29, 0.717) is 24.9 Å². The normalized spacial score (nSPS) is 17.9. The van der Waals surface area contributed by atoms with Crippen LogP contribution in [0.2, 0.25) is 0 Å². The molecule has 0 aromatic heterocycles. The van der Waals surface area contributed by atoms with Crippen molar-refractivity contribution in [2.45, 2.75) is 49.9 Å². The van der Waals surface area contributed by atoms with Crippen molar-refractivity contribution in [3.63, 3.8) is 0 Å². The lowest BCUT2D eigenvalue weighted by Crippen LogP contribution is -2.57. The van der Waals surface area contributed by atoms with Crippen molar-refractivity contribution in [2.24, 2.45) is 11.5 Å². The van der Waals surface area contributed by atoms with Crippen molar-refractivity contribution in [1.29, 1.82) is 0 Å². The summed E-state index contributed by atoms with van der Waals surface area (Å²) in [5.41, 5.74) is 11.5. The zero-order valence-electron chi connectivity index (χ0n) is 18.3. The molecule has 0 aliphatic carbocycles. The van der Waals surface area contributed by atoms with Crippen LogP contribution in [0.4, 0.5) is 0 Å². The Bertz CT molecular complexity index is 927. The third-order valence-corrected chi connectivity index (χ3v) is 5.77. The first-order chi connectivity index (χ1) is 16.0. The molecule has 1 aliphatic heterocycles. The summed E-state index contributed by atoms with van der Waals surface area (Å²) in [5.74, 6) is -4.18. The molecule has 1 aromatic rings. The number of thiol groups is 1. The van der Waals surface area contributed by atoms with E-state index in [9.17, 15) is 34.2 Å². The summed E-state index contributed by atoms with van der Waals surface area (Å²) in [6, 6.07) is 1.15. The summed E-state index contributed by atoms with van der Waals surface area (Å²) in [7, 11) is 0. The maximum Gasteiger partial charge on any atom is 0.326 e. The van der Waals surface area contributed by atoms with Gasteiger partial charge in [-0.25, -0.2) is 4.79 Å². The van der Waals surface area contributed by atoms with Crippen molar-refractivity contribution < 1.29 is 34.2 Å². The van der Waals surface area contributed by atoms with Crippen LogP contribution in [0.3, 0.4) is 0 Å². The quantitative estimate of drug-likeness (QED) is 0.172. The SMILES string of the molecule is NC(=O)CC(NC(=O)C1CCCN1C(=O)C(N)CS)C(=O)NC(Cc1ccc(O)cc1)C(=O)O. The van der Waals surface area contributed by atoms with E-state index < -0.39 is 60.2 Å². The van der Waals surface area contributed by atoms with Gasteiger partial charge in [0.25, 0.3) is 0 Å². The highest BCUT2D eigenvalue weighted by Gasteiger charge is 2.38. The number of nitrogens with zero attached hydrogens (tertiary/aromatic N) is 1. The molecule has 1 aromatic carbocycles. The van der Waals surface area contributed by atoms with Crippen LogP contribution in [0.15, 0.2) is 24.3 Å². The van der Waals surface area contributed by atoms with Gasteiger partial charge in [0.1, 0.15) is 23.9 Å². The minimum absolute atomic E-state index is 0.00124. The van der Waals surface area contributed by atoms with Gasteiger partial charge in [-0.15, -0.1) is 0 Å². The molecule has 1 fully saturated rings. The van der Waals surface area contributed by atoms with Gasteiger partial charge in [-0.3, -0.25) is 19.2 Å². The highest BCUT2D eigenvalue weighted by Crippen LogP contribution is 2.19. The summed E-state index contributed by atoms with van der Waals surface area (Å²) >= 11 is 4.00. The maximum absolute atomic E-state index is 12.9. The zero-order chi connectivity index (χ0) is 25.4. The lowest BCUT2D eigenvalue weighted by molar-refractivity contribution is -0.143. The fraction of sp³-hybridized carbons (Fsp3) is 0.476. The number of aliphatic carboxylic acids is 1. The molecule has 0 radical (unpaired) electrons. The van der Waals surface area contributed by atoms with Crippen LogP contribution >= 0.6 is 12.6 Å². The molecule has 12 nitrogen and oxygen atoms in total. The molecular formula is C21H29N5O7S. The number of hydrogen-bond donors (Lipinski definition) is 7. The molecule has 4 atom stereocenters. The molecule has 34 heavy (non-hydrogen) atoms. The maximum atomic E-state index is 12.9. The Hall–Kier alpha value is -3.32. The molecular weight excluding hydrogens is 466 g/mol. The van der Waals surface area contributed by atoms with Crippen molar-refractivity contribution in [3.8, 4) is 5.75 Å². The number of likely N-dealkylation sites (tertiary alicyclic amines) is 1. The number of phenolic OH excluding ortho intramolecular Hbond substituents is 1. The smallest absolute Gasteiger partial charge is 0.326 e. The third kappa shape index (κ3) is 7.35. The van der Waals surface area contributed by atoms with Gasteiger partial charge in [0.2, 0.25) is 23.6 Å². The fourth-order valence-corrected chi connectivity index (χ4v) is 3.77. The Morgan fingerprint density at radius 1 is 1.12 bits per heavy atom. The van der Waals surface area contributed by atoms with Gasteiger partial charge in [-0.2, -0.15) is 12.6 Å². The summed E-state index contributed by atoms with van der Waals surface area (Å²) in [4.78, 5) is 62.6. The summed E-state index contributed by atoms with van der Waals surface area (Å²) in [5, 5.41) is 23.6. The number of carbonyl (C=O) groups excluding carboxylic acids is 4. The lowest BCUT2D eigenvalue weighted by Gasteiger charge is -2.28. The van der Waals surface area contributed by atoms with E-state index in [1.807, 2.05) is 0 Å². The largest absolute Gasteiger partial charge is 0.508 e. The number of nitrogens with two attached hydrogens (primary N) is 2. The van der Waals surface area contributed by atoms with Gasteiger partial charge in [0.15, 0.2) is 0 Å². The monoisotopic (exact) mass is 495 g/mol. The zero-order valence-corrected chi connectivity index (χ0v) is 19.2. The van der Waals surface area contributed by atoms with Gasteiger partial charge in [-0.05, 0) is 30.5 Å². The first-order valence-electron chi connectivity index (χ1n) is 10.6. The molecule has 13 heteroatoms. The minimum Gasteiger partial charge on any atom is -0.508 e. The molecule has 0 saturated carbocycles. The van der Waals surface area contributed by atoms with E-state index in [1.165, 1.54) is 29.2 Å². The van der Waals surface area contributed by atoms with E-state index in [2.05, 4.69) is 23.3 Å². The topological polar surface area (TPSA) is 205 Å².